The number of rotatable bonds is 16. The van der Waals surface area contributed by atoms with Crippen molar-refractivity contribution in [1.82, 2.24) is 0 Å². The molecule has 0 radical (unpaired) electrons. The van der Waals surface area contributed by atoms with E-state index < -0.39 is 68.0 Å². The maximum absolute atomic E-state index is 10.3. The molecule has 0 saturated carbocycles. The van der Waals surface area contributed by atoms with Gasteiger partial charge in [0.25, 0.3) is 0 Å². The number of aliphatic hydroxyl groups is 7. The molecule has 0 bridgehead atoms. The van der Waals surface area contributed by atoms with E-state index in [1.54, 1.807) is 0 Å². The largest absolute Gasteiger partial charge is 0.394 e. The highest BCUT2D eigenvalue weighted by atomic mass is 16.8. The highest BCUT2D eigenvalue weighted by Crippen LogP contribution is 2.28. The minimum atomic E-state index is -1.70. The van der Waals surface area contributed by atoms with Crippen LogP contribution in [0.2, 0.25) is 0 Å². The molecular weight excluding hydrogens is 464 g/mol. The van der Waals surface area contributed by atoms with Gasteiger partial charge in [0.15, 0.2) is 12.6 Å². The summed E-state index contributed by atoms with van der Waals surface area (Å²) in [5.41, 5.74) is 0. The minimum absolute atomic E-state index is 0.0447. The number of aliphatic hydroxyl groups excluding tert-OH is 7. The lowest BCUT2D eigenvalue weighted by Crippen LogP contribution is -2.63. The quantitative estimate of drug-likeness (QED) is 0.134. The smallest absolute Gasteiger partial charge is 0.189 e. The summed E-state index contributed by atoms with van der Waals surface area (Å²) in [4.78, 5) is 0. The van der Waals surface area contributed by atoms with Crippen molar-refractivity contribution in [3.05, 3.63) is 0 Å². The molecule has 0 spiro atoms. The Balaban J connectivity index is 1.70. The summed E-state index contributed by atoms with van der Waals surface area (Å²) >= 11 is 0. The van der Waals surface area contributed by atoms with E-state index in [0.717, 1.165) is 19.3 Å². The van der Waals surface area contributed by atoms with Crippen LogP contribution in [0.4, 0.5) is 0 Å². The van der Waals surface area contributed by atoms with E-state index in [9.17, 15) is 35.7 Å². The van der Waals surface area contributed by atoms with Gasteiger partial charge in [-0.2, -0.15) is 0 Å². The van der Waals surface area contributed by atoms with E-state index in [2.05, 4.69) is 6.92 Å². The van der Waals surface area contributed by atoms with E-state index in [1.165, 1.54) is 44.9 Å². The SMILES string of the molecule is CCCCCCCCCCCCOCC1O[C@H](O[C@H]2OC(CO)[C@@H](O)C(O)C2O)C(O)C(O)[C@@H]1O. The van der Waals surface area contributed by atoms with Crippen LogP contribution in [0, 0.1) is 0 Å². The van der Waals surface area contributed by atoms with Crippen LogP contribution in [0.1, 0.15) is 71.1 Å². The molecule has 0 aliphatic carbocycles. The Morgan fingerprint density at radius 3 is 1.54 bits per heavy atom. The van der Waals surface area contributed by atoms with E-state index in [0.29, 0.717) is 6.61 Å². The molecule has 11 nitrogen and oxygen atoms in total. The number of hydrogen-bond acceptors (Lipinski definition) is 11. The molecular formula is C24H46O11. The predicted octanol–water partition coefficient (Wildman–Crippen LogP) is -0.452. The van der Waals surface area contributed by atoms with E-state index in [-0.39, 0.29) is 6.61 Å². The lowest BCUT2D eigenvalue weighted by atomic mass is 9.98. The zero-order chi connectivity index (χ0) is 25.8. The maximum atomic E-state index is 10.3. The molecule has 2 rings (SSSR count). The van der Waals surface area contributed by atoms with Crippen LogP contribution < -0.4 is 0 Å². The van der Waals surface area contributed by atoms with Gasteiger partial charge in [-0.25, -0.2) is 0 Å². The Hall–Kier alpha value is -0.440. The molecule has 208 valence electrons. The first-order chi connectivity index (χ1) is 16.8. The number of hydrogen-bond donors (Lipinski definition) is 7. The second-order valence-corrected chi connectivity index (χ2v) is 9.60. The third kappa shape index (κ3) is 9.42. The Kier molecular flexibility index (Phi) is 14.4. The highest BCUT2D eigenvalue weighted by Gasteiger charge is 2.49. The molecule has 0 amide bonds. The lowest BCUT2D eigenvalue weighted by Gasteiger charge is -2.44. The van der Waals surface area contributed by atoms with Crippen molar-refractivity contribution < 1.29 is 54.7 Å². The monoisotopic (exact) mass is 510 g/mol. The molecule has 2 saturated heterocycles. The van der Waals surface area contributed by atoms with Crippen molar-refractivity contribution in [2.45, 2.75) is 133 Å². The van der Waals surface area contributed by atoms with Gasteiger partial charge in [-0.05, 0) is 6.42 Å². The van der Waals surface area contributed by atoms with Crippen LogP contribution in [0.5, 0.6) is 0 Å². The van der Waals surface area contributed by atoms with Crippen molar-refractivity contribution in [3.63, 3.8) is 0 Å². The van der Waals surface area contributed by atoms with Crippen LogP contribution in [-0.4, -0.2) is 117 Å². The van der Waals surface area contributed by atoms with Crippen LogP contribution in [-0.2, 0) is 18.9 Å². The molecule has 2 fully saturated rings. The molecule has 0 aromatic carbocycles. The lowest BCUT2D eigenvalue weighted by molar-refractivity contribution is -0.377. The molecule has 11 heteroatoms. The van der Waals surface area contributed by atoms with Gasteiger partial charge in [-0.1, -0.05) is 64.7 Å². The second kappa shape index (κ2) is 16.4. The van der Waals surface area contributed by atoms with Gasteiger partial charge in [0.1, 0.15) is 48.8 Å². The second-order valence-electron chi connectivity index (χ2n) is 9.60. The van der Waals surface area contributed by atoms with Crippen molar-refractivity contribution in [2.24, 2.45) is 0 Å². The average molecular weight is 511 g/mol. The van der Waals surface area contributed by atoms with Crippen molar-refractivity contribution in [2.75, 3.05) is 19.8 Å². The summed E-state index contributed by atoms with van der Waals surface area (Å²) in [7, 11) is 0. The normalized spacial score (nSPS) is 38.1. The van der Waals surface area contributed by atoms with Crippen LogP contribution in [0.25, 0.3) is 0 Å². The van der Waals surface area contributed by atoms with Gasteiger partial charge in [0.05, 0.1) is 13.2 Å². The predicted molar refractivity (Wildman–Crippen MR) is 124 cm³/mol. The first-order valence-corrected chi connectivity index (χ1v) is 13.0. The van der Waals surface area contributed by atoms with Crippen molar-refractivity contribution >= 4 is 0 Å². The van der Waals surface area contributed by atoms with Gasteiger partial charge < -0.3 is 54.7 Å². The fourth-order valence-corrected chi connectivity index (χ4v) is 4.37. The van der Waals surface area contributed by atoms with Crippen LogP contribution in [0.15, 0.2) is 0 Å². The first kappa shape index (κ1) is 30.8. The van der Waals surface area contributed by atoms with E-state index in [4.69, 9.17) is 18.9 Å². The topological polar surface area (TPSA) is 179 Å². The molecule has 0 aromatic heterocycles. The summed E-state index contributed by atoms with van der Waals surface area (Å²) in [5, 5.41) is 69.9. The first-order valence-electron chi connectivity index (χ1n) is 13.0. The average Bonchev–Trinajstić information content (AvgIpc) is 2.85. The van der Waals surface area contributed by atoms with E-state index >= 15 is 0 Å². The third-order valence-corrected chi connectivity index (χ3v) is 6.71. The zero-order valence-electron chi connectivity index (χ0n) is 20.7. The van der Waals surface area contributed by atoms with Gasteiger partial charge in [-0.3, -0.25) is 0 Å². The summed E-state index contributed by atoms with van der Waals surface area (Å²) < 4.78 is 21.8. The molecule has 10 atom stereocenters. The van der Waals surface area contributed by atoms with E-state index in [1.807, 2.05) is 0 Å². The molecule has 2 aliphatic heterocycles. The van der Waals surface area contributed by atoms with Crippen LogP contribution in [0.3, 0.4) is 0 Å². The summed E-state index contributed by atoms with van der Waals surface area (Å²) in [5.74, 6) is 0. The number of unbranched alkanes of at least 4 members (excludes halogenated alkanes) is 9. The fraction of sp³-hybridized carbons (Fsp3) is 1.00. The molecule has 0 aromatic rings. The van der Waals surface area contributed by atoms with Crippen molar-refractivity contribution in [3.8, 4) is 0 Å². The molecule has 2 heterocycles. The summed E-state index contributed by atoms with van der Waals surface area (Å²) in [6.45, 7) is 1.98. The molecule has 35 heavy (non-hydrogen) atoms. The van der Waals surface area contributed by atoms with Gasteiger partial charge >= 0.3 is 0 Å². The molecule has 6 unspecified atom stereocenters. The van der Waals surface area contributed by atoms with Gasteiger partial charge in [0, 0.05) is 6.61 Å². The standard InChI is InChI=1S/C24H46O11/c1-2-3-4-5-6-7-8-9-10-11-12-32-14-16-18(27)20(29)22(31)24(34-16)35-23-21(30)19(28)17(26)15(13-25)33-23/h15-31H,2-14H2,1H3/t15?,16?,17-,18-,19?,20?,21?,22?,23-,24-/m1/s1. The Bertz CT molecular complexity index is 552. The zero-order valence-corrected chi connectivity index (χ0v) is 20.7. The third-order valence-electron chi connectivity index (χ3n) is 6.71. The fourth-order valence-electron chi connectivity index (χ4n) is 4.37. The van der Waals surface area contributed by atoms with Gasteiger partial charge in [-0.15, -0.1) is 0 Å². The van der Waals surface area contributed by atoms with Crippen LogP contribution >= 0.6 is 0 Å². The summed E-state index contributed by atoms with van der Waals surface area (Å²) in [6, 6.07) is 0. The van der Waals surface area contributed by atoms with Gasteiger partial charge in [0.2, 0.25) is 0 Å². The Labute approximate surface area is 207 Å². The van der Waals surface area contributed by atoms with Crippen molar-refractivity contribution in [1.29, 1.82) is 0 Å². The highest BCUT2D eigenvalue weighted by molar-refractivity contribution is 4.92. The molecule has 7 N–H and O–H groups in total. The summed E-state index contributed by atoms with van der Waals surface area (Å²) in [6.07, 6.45) is -2.93. The minimum Gasteiger partial charge on any atom is -0.394 e. The number of ether oxygens (including phenoxy) is 4. The molecule has 2 aliphatic rings. The Morgan fingerprint density at radius 1 is 0.571 bits per heavy atom. The Morgan fingerprint density at radius 2 is 1.03 bits per heavy atom. The maximum Gasteiger partial charge on any atom is 0.189 e.